The highest BCUT2D eigenvalue weighted by atomic mass is 32.1. The van der Waals surface area contributed by atoms with E-state index in [0.29, 0.717) is 16.3 Å². The van der Waals surface area contributed by atoms with Gasteiger partial charge in [-0.3, -0.25) is 14.6 Å². The van der Waals surface area contributed by atoms with Crippen molar-refractivity contribution >= 4 is 45.4 Å². The van der Waals surface area contributed by atoms with Gasteiger partial charge in [0.25, 0.3) is 5.91 Å². The van der Waals surface area contributed by atoms with Crippen molar-refractivity contribution in [1.29, 1.82) is 0 Å². The zero-order chi connectivity index (χ0) is 19.3. The molecule has 4 rings (SSSR count). The lowest BCUT2D eigenvalue weighted by atomic mass is 10.1. The van der Waals surface area contributed by atoms with Gasteiger partial charge < -0.3 is 10.6 Å². The molecule has 0 aliphatic heterocycles. The lowest BCUT2D eigenvalue weighted by Crippen LogP contribution is -2.15. The lowest BCUT2D eigenvalue weighted by Gasteiger charge is -2.09. The summed E-state index contributed by atoms with van der Waals surface area (Å²) in [4.78, 5) is 29.7. The van der Waals surface area contributed by atoms with Gasteiger partial charge in [-0.05, 0) is 41.3 Å². The number of benzene rings is 2. The first kappa shape index (κ1) is 17.9. The van der Waals surface area contributed by atoms with Crippen LogP contribution in [-0.2, 0) is 11.2 Å². The molecule has 0 spiro atoms. The number of carbonyl (C=O) groups is 2. The average molecular weight is 387 g/mol. The number of para-hydroxylation sites is 1. The minimum Gasteiger partial charge on any atom is -0.326 e. The molecular formula is C22H17N3O2S. The van der Waals surface area contributed by atoms with Gasteiger partial charge in [-0.2, -0.15) is 0 Å². The molecular weight excluding hydrogens is 370 g/mol. The van der Waals surface area contributed by atoms with Crippen LogP contribution in [0.4, 0.5) is 11.4 Å². The Labute approximate surface area is 166 Å². The zero-order valence-electron chi connectivity index (χ0n) is 14.9. The third-order valence-electron chi connectivity index (χ3n) is 4.22. The van der Waals surface area contributed by atoms with Gasteiger partial charge >= 0.3 is 0 Å². The van der Waals surface area contributed by atoms with Crippen molar-refractivity contribution in [1.82, 2.24) is 4.98 Å². The van der Waals surface area contributed by atoms with Crippen LogP contribution in [0.3, 0.4) is 0 Å². The fraction of sp³-hybridized carbons (Fsp3) is 0.0455. The van der Waals surface area contributed by atoms with Gasteiger partial charge in [0.2, 0.25) is 5.91 Å². The second-order valence-electron chi connectivity index (χ2n) is 6.23. The molecule has 0 unspecified atom stereocenters. The first-order chi connectivity index (χ1) is 13.7. The zero-order valence-corrected chi connectivity index (χ0v) is 15.7. The third kappa shape index (κ3) is 4.07. The normalized spacial score (nSPS) is 10.6. The predicted molar refractivity (Wildman–Crippen MR) is 113 cm³/mol. The molecule has 2 heterocycles. The maximum Gasteiger partial charge on any atom is 0.265 e. The summed E-state index contributed by atoms with van der Waals surface area (Å²) in [6, 6.07) is 20.4. The average Bonchev–Trinajstić information content (AvgIpc) is 3.23. The van der Waals surface area contributed by atoms with Crippen LogP contribution in [0.25, 0.3) is 10.9 Å². The van der Waals surface area contributed by atoms with E-state index in [1.807, 2.05) is 41.8 Å². The number of nitrogens with one attached hydrogen (secondary N) is 2. The molecule has 2 N–H and O–H groups in total. The first-order valence-electron chi connectivity index (χ1n) is 8.76. The number of rotatable bonds is 5. The summed E-state index contributed by atoms with van der Waals surface area (Å²) in [5, 5.41) is 8.59. The highest BCUT2D eigenvalue weighted by Gasteiger charge is 2.10. The quantitative estimate of drug-likeness (QED) is 0.520. The summed E-state index contributed by atoms with van der Waals surface area (Å²) in [6.45, 7) is 0. The van der Waals surface area contributed by atoms with Crippen LogP contribution in [0.2, 0.25) is 0 Å². The molecule has 0 aliphatic rings. The van der Waals surface area contributed by atoms with E-state index in [-0.39, 0.29) is 18.2 Å². The van der Waals surface area contributed by atoms with Crippen molar-refractivity contribution in [2.75, 3.05) is 10.6 Å². The minimum atomic E-state index is -0.166. The molecule has 4 aromatic rings. The van der Waals surface area contributed by atoms with Crippen LogP contribution >= 0.6 is 11.3 Å². The number of hydrogen-bond donors (Lipinski definition) is 2. The van der Waals surface area contributed by atoms with Gasteiger partial charge in [-0.15, -0.1) is 11.3 Å². The Hall–Kier alpha value is -3.51. The van der Waals surface area contributed by atoms with E-state index < -0.39 is 0 Å². The Kier molecular flexibility index (Phi) is 5.12. The second kappa shape index (κ2) is 8.02. The van der Waals surface area contributed by atoms with Gasteiger partial charge in [-0.1, -0.05) is 36.4 Å². The summed E-state index contributed by atoms with van der Waals surface area (Å²) in [5.41, 5.74) is 2.96. The van der Waals surface area contributed by atoms with E-state index in [0.717, 1.165) is 16.5 Å². The molecule has 0 saturated heterocycles. The number of carbonyl (C=O) groups excluding carboxylic acids is 2. The molecule has 0 aliphatic carbocycles. The fourth-order valence-corrected chi connectivity index (χ4v) is 3.58. The van der Waals surface area contributed by atoms with Crippen molar-refractivity contribution in [3.63, 3.8) is 0 Å². The van der Waals surface area contributed by atoms with Crippen LogP contribution in [0, 0.1) is 0 Å². The smallest absolute Gasteiger partial charge is 0.265 e. The van der Waals surface area contributed by atoms with Gasteiger partial charge in [-0.25, -0.2) is 0 Å². The standard InChI is InChI=1S/C22H17N3O2S/c26-20(13-16-6-1-5-15-7-3-11-23-21(15)16)24-17-8-2-9-18(14-17)25-22(27)19-10-4-12-28-19/h1-12,14H,13H2,(H,24,26)(H,25,27). The SMILES string of the molecule is O=C(Cc1cccc2cccnc12)Nc1cccc(NC(=O)c2cccs2)c1. The molecule has 0 atom stereocenters. The van der Waals surface area contributed by atoms with Crippen LogP contribution in [0.5, 0.6) is 0 Å². The molecule has 2 aromatic heterocycles. The van der Waals surface area contributed by atoms with Crippen LogP contribution < -0.4 is 10.6 Å². The fourth-order valence-electron chi connectivity index (χ4n) is 2.96. The number of fused-ring (bicyclic) bond motifs is 1. The van der Waals surface area contributed by atoms with Crippen molar-refractivity contribution in [2.24, 2.45) is 0 Å². The Morgan fingerprint density at radius 3 is 2.50 bits per heavy atom. The number of amides is 2. The van der Waals surface area contributed by atoms with Crippen LogP contribution in [-0.4, -0.2) is 16.8 Å². The van der Waals surface area contributed by atoms with Crippen LogP contribution in [0.15, 0.2) is 78.3 Å². The van der Waals surface area contributed by atoms with E-state index >= 15 is 0 Å². The summed E-state index contributed by atoms with van der Waals surface area (Å²) in [7, 11) is 0. The lowest BCUT2D eigenvalue weighted by molar-refractivity contribution is -0.115. The largest absolute Gasteiger partial charge is 0.326 e. The number of hydrogen-bond acceptors (Lipinski definition) is 4. The topological polar surface area (TPSA) is 71.1 Å². The molecule has 5 nitrogen and oxygen atoms in total. The third-order valence-corrected chi connectivity index (χ3v) is 5.09. The molecule has 6 heteroatoms. The number of nitrogens with zero attached hydrogens (tertiary/aromatic N) is 1. The van der Waals surface area contributed by atoms with Gasteiger partial charge in [0, 0.05) is 23.0 Å². The van der Waals surface area contributed by atoms with Crippen molar-refractivity contribution in [2.45, 2.75) is 6.42 Å². The van der Waals surface area contributed by atoms with E-state index in [4.69, 9.17) is 0 Å². The minimum absolute atomic E-state index is 0.139. The van der Waals surface area contributed by atoms with Crippen molar-refractivity contribution in [3.05, 3.63) is 88.7 Å². The number of anilines is 2. The summed E-state index contributed by atoms with van der Waals surface area (Å²) >= 11 is 1.38. The second-order valence-corrected chi connectivity index (χ2v) is 7.18. The number of aromatic nitrogens is 1. The molecule has 28 heavy (non-hydrogen) atoms. The molecule has 2 aromatic carbocycles. The van der Waals surface area contributed by atoms with Crippen molar-refractivity contribution < 1.29 is 9.59 Å². The van der Waals surface area contributed by atoms with Gasteiger partial charge in [0.15, 0.2) is 0 Å². The summed E-state index contributed by atoms with van der Waals surface area (Å²) < 4.78 is 0. The van der Waals surface area contributed by atoms with E-state index in [9.17, 15) is 9.59 Å². The number of pyridine rings is 1. The summed E-state index contributed by atoms with van der Waals surface area (Å²) in [5.74, 6) is -0.305. The van der Waals surface area contributed by atoms with Gasteiger partial charge in [0.05, 0.1) is 16.8 Å². The molecule has 0 fully saturated rings. The monoisotopic (exact) mass is 387 g/mol. The first-order valence-corrected chi connectivity index (χ1v) is 9.64. The molecule has 138 valence electrons. The van der Waals surface area contributed by atoms with Gasteiger partial charge in [0.1, 0.15) is 0 Å². The van der Waals surface area contributed by atoms with E-state index in [2.05, 4.69) is 15.6 Å². The Bertz CT molecular complexity index is 1130. The molecule has 0 saturated carbocycles. The maximum atomic E-state index is 12.5. The van der Waals surface area contributed by atoms with E-state index in [1.54, 1.807) is 36.5 Å². The van der Waals surface area contributed by atoms with Crippen LogP contribution in [0.1, 0.15) is 15.2 Å². The maximum absolute atomic E-state index is 12.5. The van der Waals surface area contributed by atoms with Crippen molar-refractivity contribution in [3.8, 4) is 0 Å². The molecule has 0 bridgehead atoms. The summed E-state index contributed by atoms with van der Waals surface area (Å²) in [6.07, 6.45) is 1.95. The number of thiophene rings is 1. The van der Waals surface area contributed by atoms with E-state index in [1.165, 1.54) is 11.3 Å². The Balaban J connectivity index is 1.45. The Morgan fingerprint density at radius 2 is 1.68 bits per heavy atom. The molecule has 2 amide bonds. The highest BCUT2D eigenvalue weighted by molar-refractivity contribution is 7.12. The predicted octanol–water partition coefficient (Wildman–Crippen LogP) is 4.73. The Morgan fingerprint density at radius 1 is 0.893 bits per heavy atom. The molecule has 0 radical (unpaired) electrons. The highest BCUT2D eigenvalue weighted by Crippen LogP contribution is 2.19.